The Bertz CT molecular complexity index is 1880. The van der Waals surface area contributed by atoms with Crippen molar-refractivity contribution in [2.24, 2.45) is 11.8 Å². The number of nitrogens with zero attached hydrogens (tertiary/aromatic N) is 2. The predicted molar refractivity (Wildman–Crippen MR) is 317 cm³/mol. The normalized spacial score (nSPS) is 13.3. The summed E-state index contributed by atoms with van der Waals surface area (Å²) < 4.78 is 1.52. The van der Waals surface area contributed by atoms with E-state index in [0.29, 0.717) is 11.8 Å². The van der Waals surface area contributed by atoms with Crippen molar-refractivity contribution in [3.63, 3.8) is 0 Å². The second-order valence-electron chi connectivity index (χ2n) is 20.8. The van der Waals surface area contributed by atoms with Crippen molar-refractivity contribution in [3.8, 4) is 23.7 Å². The van der Waals surface area contributed by atoms with Crippen LogP contribution in [0.25, 0.3) is 16.9 Å². The molecule has 0 radical (unpaired) electrons. The summed E-state index contributed by atoms with van der Waals surface area (Å²) in [6, 6.07) is 17.5. The van der Waals surface area contributed by atoms with Crippen LogP contribution >= 0.6 is 0 Å². The van der Waals surface area contributed by atoms with Gasteiger partial charge in [-0.3, -0.25) is 0 Å². The summed E-state index contributed by atoms with van der Waals surface area (Å²) >= 11 is 2.03. The zero-order chi connectivity index (χ0) is 52.1. The van der Waals surface area contributed by atoms with E-state index >= 15 is 0 Å². The monoisotopic (exact) mass is 1020 g/mol. The molecule has 72 heavy (non-hydrogen) atoms. The van der Waals surface area contributed by atoms with Crippen molar-refractivity contribution in [2.75, 3.05) is 0 Å². The molecular weight excluding hydrogens is 915 g/mol. The van der Waals surface area contributed by atoms with Gasteiger partial charge in [-0.25, -0.2) is 4.70 Å². The molecule has 0 amide bonds. The Balaban J connectivity index is 0.000000601. The summed E-state index contributed by atoms with van der Waals surface area (Å²) in [7, 11) is 0. The fourth-order valence-corrected chi connectivity index (χ4v) is 11.5. The van der Waals surface area contributed by atoms with Crippen molar-refractivity contribution in [3.05, 3.63) is 99.6 Å². The van der Waals surface area contributed by atoms with E-state index in [1.54, 1.807) is 0 Å². The second kappa shape index (κ2) is 45.3. The zero-order valence-corrected chi connectivity index (χ0v) is 49.3. The van der Waals surface area contributed by atoms with Crippen molar-refractivity contribution in [2.45, 2.75) is 291 Å². The molecule has 0 saturated carbocycles. The van der Waals surface area contributed by atoms with Gasteiger partial charge < -0.3 is 5.53 Å². The Morgan fingerprint density at radius 3 is 1.25 bits per heavy atom. The van der Waals surface area contributed by atoms with Crippen LogP contribution in [0.2, 0.25) is 10.8 Å². The molecule has 3 heteroatoms. The van der Waals surface area contributed by atoms with Gasteiger partial charge in [0.2, 0.25) is 11.4 Å². The van der Waals surface area contributed by atoms with Gasteiger partial charge in [-0.15, -0.1) is 23.7 Å². The first kappa shape index (κ1) is 65.0. The third-order valence-corrected chi connectivity index (χ3v) is 16.0. The van der Waals surface area contributed by atoms with E-state index in [-0.39, 0.29) is 0 Å². The average molecular weight is 1030 g/mol. The van der Waals surface area contributed by atoms with E-state index in [0.717, 1.165) is 85.9 Å². The molecule has 406 valence electrons. The van der Waals surface area contributed by atoms with Gasteiger partial charge in [0.25, 0.3) is 0 Å². The molecule has 0 saturated heterocycles. The SMILES string of the molecule is CC=CC1=C(c2ccccc2CCC(CC#CCC)CCCC)[N+](=[N-])C(c2ccccc2CCC(CC#CCC)CCCC)=C1CC.CCCCCCCCCCC[CH2][Ni][CH2]CCCCCCCCCCC. The number of hydrogen-bond donors (Lipinski definition) is 0. The van der Waals surface area contributed by atoms with E-state index < -0.39 is 0 Å². The molecule has 2 atom stereocenters. The van der Waals surface area contributed by atoms with Crippen LogP contribution in [0.15, 0.2) is 71.8 Å². The minimum absolute atomic E-state index is 0.598. The number of allylic oxidation sites excluding steroid dienone is 4. The fraction of sp³-hybridized carbons (Fsp3) is 0.681. The Kier molecular flexibility index (Phi) is 40.9. The van der Waals surface area contributed by atoms with Crippen LogP contribution in [0, 0.1) is 35.5 Å². The van der Waals surface area contributed by atoms with E-state index in [9.17, 15) is 5.53 Å². The van der Waals surface area contributed by atoms with Gasteiger partial charge in [-0.2, -0.15) is 0 Å². The molecular formula is C69H110N2Ni. The van der Waals surface area contributed by atoms with E-state index in [2.05, 4.69) is 140 Å². The Labute approximate surface area is 454 Å². The molecule has 1 aliphatic heterocycles. The van der Waals surface area contributed by atoms with Crippen LogP contribution in [0.3, 0.4) is 0 Å². The molecule has 2 unspecified atom stereocenters. The molecule has 0 N–H and O–H groups in total. The van der Waals surface area contributed by atoms with Gasteiger partial charge in [0.1, 0.15) is 0 Å². The number of hydrogen-bond acceptors (Lipinski definition) is 0. The first-order valence-electron chi connectivity index (χ1n) is 30.6. The molecule has 2 nitrogen and oxygen atoms in total. The molecule has 2 aromatic carbocycles. The third-order valence-electron chi connectivity index (χ3n) is 14.6. The van der Waals surface area contributed by atoms with Gasteiger partial charge in [0, 0.05) is 42.4 Å². The van der Waals surface area contributed by atoms with Gasteiger partial charge in [-0.1, -0.05) is 109 Å². The predicted octanol–water partition coefficient (Wildman–Crippen LogP) is 22.7. The maximum absolute atomic E-state index is 12.2. The summed E-state index contributed by atoms with van der Waals surface area (Å²) in [5, 5.41) is 2.86. The standard InChI is InChI=1S/C45H60N2.2C12H25.Ni/c1-7-13-17-26-36(24-15-9-3)32-34-38-28-19-21-30-41(38)44-40(12-6)43(23-11-5)45(47(44)46)42-31-22-20-29-39(42)35-33-37(25-16-10-4)27-18-14-8-2;2*1-3-5-7-9-11-12-10-8-6-4-2;/h11,19-23,28-31,36-37H,7-10,12,15-16,24-27,32-35H2,1-6H3;2*1,3-12H2,2H3;. The summed E-state index contributed by atoms with van der Waals surface area (Å²) in [5.74, 6) is 14.6. The first-order valence-corrected chi connectivity index (χ1v) is 32.0. The van der Waals surface area contributed by atoms with Crippen LogP contribution in [0.5, 0.6) is 0 Å². The number of rotatable bonds is 40. The van der Waals surface area contributed by atoms with Crippen LogP contribution in [-0.4, -0.2) is 4.70 Å². The topological polar surface area (TPSA) is 25.3 Å². The van der Waals surface area contributed by atoms with Gasteiger partial charge in [0.05, 0.1) is 5.57 Å². The van der Waals surface area contributed by atoms with E-state index in [1.165, 1.54) is 199 Å². The summed E-state index contributed by atoms with van der Waals surface area (Å²) in [5.41, 5.74) is 21.3. The molecule has 0 spiro atoms. The first-order chi connectivity index (χ1) is 35.4. The fourth-order valence-electron chi connectivity index (χ4n) is 10.3. The minimum atomic E-state index is 0.598. The van der Waals surface area contributed by atoms with Crippen LogP contribution in [-0.2, 0) is 27.3 Å². The van der Waals surface area contributed by atoms with Crippen molar-refractivity contribution in [1.29, 1.82) is 0 Å². The van der Waals surface area contributed by atoms with Crippen LogP contribution < -0.4 is 0 Å². The number of benzene rings is 2. The van der Waals surface area contributed by atoms with Crippen molar-refractivity contribution in [1.82, 2.24) is 0 Å². The summed E-state index contributed by atoms with van der Waals surface area (Å²) in [4.78, 5) is 0. The zero-order valence-electron chi connectivity index (χ0n) is 48.3. The number of aryl methyl sites for hydroxylation is 2. The second-order valence-corrected chi connectivity index (χ2v) is 22.3. The third kappa shape index (κ3) is 28.0. The molecule has 1 aliphatic rings. The Morgan fingerprint density at radius 2 is 0.861 bits per heavy atom. The molecule has 0 aliphatic carbocycles. The maximum atomic E-state index is 12.2. The van der Waals surface area contributed by atoms with Crippen molar-refractivity contribution >= 4 is 11.4 Å². The van der Waals surface area contributed by atoms with Gasteiger partial charge >= 0.3 is 167 Å². The molecule has 3 rings (SSSR count). The Hall–Kier alpha value is -3.13. The van der Waals surface area contributed by atoms with Gasteiger partial charge in [0.15, 0.2) is 0 Å². The quantitative estimate of drug-likeness (QED) is 0.0275. The summed E-state index contributed by atoms with van der Waals surface area (Å²) in [6.07, 6.45) is 49.8. The molecule has 1 heterocycles. The van der Waals surface area contributed by atoms with E-state index in [4.69, 9.17) is 0 Å². The van der Waals surface area contributed by atoms with Gasteiger partial charge in [-0.05, 0) is 87.0 Å². The number of unbranched alkanes of at least 4 members (excludes halogenated alkanes) is 20. The van der Waals surface area contributed by atoms with E-state index in [1.807, 2.05) is 14.4 Å². The van der Waals surface area contributed by atoms with Crippen LogP contribution in [0.4, 0.5) is 0 Å². The van der Waals surface area contributed by atoms with Crippen molar-refractivity contribution < 1.29 is 19.1 Å². The molecule has 2 aromatic rings. The summed E-state index contributed by atoms with van der Waals surface area (Å²) in [6.45, 7) is 17.7. The molecule has 0 aromatic heterocycles. The molecule has 0 fully saturated rings. The molecule has 0 bridgehead atoms. The van der Waals surface area contributed by atoms with Crippen LogP contribution in [0.1, 0.15) is 290 Å². The Morgan fingerprint density at radius 1 is 0.472 bits per heavy atom. The average Bonchev–Trinajstić information content (AvgIpc) is 3.67.